The maximum absolute atomic E-state index is 2.51. The molecule has 0 aliphatic heterocycles. The van der Waals surface area contributed by atoms with Crippen LogP contribution in [-0.4, -0.2) is 0 Å². The van der Waals surface area contributed by atoms with Gasteiger partial charge in [-0.1, -0.05) is 224 Å². The summed E-state index contributed by atoms with van der Waals surface area (Å²) in [4.78, 5) is 4.99. The smallest absolute Gasteiger partial charge is 0.0468 e. The summed E-state index contributed by atoms with van der Waals surface area (Å²) in [5.41, 5.74) is 24.7. The summed E-state index contributed by atoms with van der Waals surface area (Å²) >= 11 is 0. The first-order valence-electron chi connectivity index (χ1n) is 28.7. The number of benzene rings is 13. The van der Waals surface area contributed by atoms with Gasteiger partial charge in [0.25, 0.3) is 0 Å². The lowest BCUT2D eigenvalue weighted by Crippen LogP contribution is -2.25. The molecule has 3 aliphatic carbocycles. The summed E-state index contributed by atoms with van der Waals surface area (Å²) in [6.07, 6.45) is 0. The SMILES string of the molecule is CC1(C)c2ccccc2-c2ccc(N(c3ccc4c(c3)C(C)(C)c3cccc5c3c-4c(-c3ccccc3)c3ccc(N(c4ccc6c(c4)C(C)(C)c4ccccc4-6)c4ccc6ccccc6c4)cc35)c3ccc4ccccc4c3)cc21. The van der Waals surface area contributed by atoms with E-state index in [1.165, 1.54) is 121 Å². The van der Waals surface area contributed by atoms with Crippen LogP contribution in [0.5, 0.6) is 0 Å². The number of anilines is 6. The third-order valence-corrected chi connectivity index (χ3v) is 19.0. The molecule has 0 unspecified atom stereocenters. The Balaban J connectivity index is 0.914. The molecular formula is C79H60N2. The Morgan fingerprint density at radius 2 is 0.630 bits per heavy atom. The van der Waals surface area contributed by atoms with Crippen molar-refractivity contribution in [2.75, 3.05) is 9.80 Å². The number of rotatable bonds is 7. The van der Waals surface area contributed by atoms with E-state index in [-0.39, 0.29) is 16.2 Å². The highest BCUT2D eigenvalue weighted by Gasteiger charge is 2.40. The van der Waals surface area contributed by atoms with E-state index in [1.54, 1.807) is 0 Å². The van der Waals surface area contributed by atoms with Crippen molar-refractivity contribution in [1.82, 2.24) is 0 Å². The van der Waals surface area contributed by atoms with Crippen molar-refractivity contribution in [2.45, 2.75) is 57.8 Å². The first kappa shape index (κ1) is 47.5. The van der Waals surface area contributed by atoms with E-state index >= 15 is 0 Å². The summed E-state index contributed by atoms with van der Waals surface area (Å²) in [6, 6.07) is 96.4. The Labute approximate surface area is 474 Å². The van der Waals surface area contributed by atoms with Crippen LogP contribution in [0.4, 0.5) is 34.1 Å². The minimum absolute atomic E-state index is 0.144. The lowest BCUT2D eigenvalue weighted by molar-refractivity contribution is 0.645. The van der Waals surface area contributed by atoms with E-state index in [9.17, 15) is 0 Å². The second kappa shape index (κ2) is 17.3. The quantitative estimate of drug-likeness (QED) is 0.147. The summed E-state index contributed by atoms with van der Waals surface area (Å²) < 4.78 is 0. The minimum Gasteiger partial charge on any atom is -0.310 e. The standard InChI is InChI=1S/C79H60N2/c1-77(2)68-28-16-14-25-60(68)62-39-35-57(46-71(62)77)80(54-33-31-49-19-10-12-23-52(49)43-54)56-37-41-65-67(45-56)64-27-18-30-70-75(64)76(74(65)51-21-8-7-9-22-51)66-42-38-59(48-73(66)79(70,5)6)81(55-34-32-50-20-11-13-24-53(50)44-55)58-36-40-63-61-26-15-17-29-69(61)78(3,4)72(63)47-58/h7-48H,1-6H3. The summed E-state index contributed by atoms with van der Waals surface area (Å²) in [5, 5.41) is 9.98. The van der Waals surface area contributed by atoms with Gasteiger partial charge in [-0.25, -0.2) is 0 Å². The molecule has 0 aromatic heterocycles. The fraction of sp³-hybridized carbons (Fsp3) is 0.114. The fourth-order valence-corrected chi connectivity index (χ4v) is 14.9. The molecule has 0 amide bonds. The Kier molecular flexibility index (Phi) is 10.1. The maximum Gasteiger partial charge on any atom is 0.0468 e. The van der Waals surface area contributed by atoms with Crippen molar-refractivity contribution in [1.29, 1.82) is 0 Å². The van der Waals surface area contributed by atoms with Crippen molar-refractivity contribution in [3.05, 3.63) is 288 Å². The molecule has 0 heterocycles. The Morgan fingerprint density at radius 3 is 1.19 bits per heavy atom. The Bertz CT molecular complexity index is 4800. The molecule has 0 fully saturated rings. The molecular weight excluding hydrogens is 977 g/mol. The van der Waals surface area contributed by atoms with Crippen LogP contribution in [-0.2, 0) is 16.2 Å². The molecule has 0 atom stereocenters. The molecule has 0 bridgehead atoms. The average molecular weight is 1040 g/mol. The molecule has 0 radical (unpaired) electrons. The van der Waals surface area contributed by atoms with Crippen molar-refractivity contribution < 1.29 is 0 Å². The number of hydrogen-bond donors (Lipinski definition) is 0. The Hall–Kier alpha value is -9.50. The van der Waals surface area contributed by atoms with Gasteiger partial charge in [0.2, 0.25) is 0 Å². The van der Waals surface area contributed by atoms with Crippen molar-refractivity contribution in [3.8, 4) is 44.5 Å². The van der Waals surface area contributed by atoms with Gasteiger partial charge in [0.1, 0.15) is 0 Å². The minimum atomic E-state index is -0.361. The lowest BCUT2D eigenvalue weighted by Gasteiger charge is -2.38. The van der Waals surface area contributed by atoms with E-state index in [1.807, 2.05) is 0 Å². The molecule has 0 spiro atoms. The van der Waals surface area contributed by atoms with Gasteiger partial charge in [-0.15, -0.1) is 0 Å². The van der Waals surface area contributed by atoms with Crippen LogP contribution < -0.4 is 9.80 Å². The zero-order valence-corrected chi connectivity index (χ0v) is 46.6. The second-order valence-corrected chi connectivity index (χ2v) is 24.5. The van der Waals surface area contributed by atoms with Gasteiger partial charge >= 0.3 is 0 Å². The number of fused-ring (bicyclic) bond motifs is 12. The van der Waals surface area contributed by atoms with Crippen LogP contribution in [0.15, 0.2) is 255 Å². The monoisotopic (exact) mass is 1040 g/mol. The molecule has 13 aromatic carbocycles. The lowest BCUT2D eigenvalue weighted by atomic mass is 9.66. The molecule has 0 saturated heterocycles. The molecule has 81 heavy (non-hydrogen) atoms. The van der Waals surface area contributed by atoms with Gasteiger partial charge in [0.15, 0.2) is 0 Å². The normalized spacial score (nSPS) is 14.6. The number of hydrogen-bond acceptors (Lipinski definition) is 2. The summed E-state index contributed by atoms with van der Waals surface area (Å²) in [6.45, 7) is 14.4. The third kappa shape index (κ3) is 6.93. The van der Waals surface area contributed by atoms with Crippen LogP contribution in [0.2, 0.25) is 0 Å². The van der Waals surface area contributed by atoms with Crippen molar-refractivity contribution in [3.63, 3.8) is 0 Å². The summed E-state index contributed by atoms with van der Waals surface area (Å²) in [5.74, 6) is 0. The molecule has 13 aromatic rings. The van der Waals surface area contributed by atoms with Crippen LogP contribution in [0.3, 0.4) is 0 Å². The highest BCUT2D eigenvalue weighted by molar-refractivity contribution is 6.24. The van der Waals surface area contributed by atoms with Gasteiger partial charge in [-0.2, -0.15) is 0 Å². The van der Waals surface area contributed by atoms with Gasteiger partial charge in [0, 0.05) is 50.4 Å². The zero-order chi connectivity index (χ0) is 54.5. The first-order chi connectivity index (χ1) is 39.4. The predicted molar refractivity (Wildman–Crippen MR) is 344 cm³/mol. The van der Waals surface area contributed by atoms with Gasteiger partial charge < -0.3 is 9.80 Å². The molecule has 386 valence electrons. The largest absolute Gasteiger partial charge is 0.310 e. The van der Waals surface area contributed by atoms with Crippen LogP contribution >= 0.6 is 0 Å². The highest BCUT2D eigenvalue weighted by Crippen LogP contribution is 2.58. The van der Waals surface area contributed by atoms with Gasteiger partial charge in [-0.05, 0) is 194 Å². The maximum atomic E-state index is 2.51. The molecule has 2 heteroatoms. The zero-order valence-electron chi connectivity index (χ0n) is 46.6. The second-order valence-electron chi connectivity index (χ2n) is 24.5. The third-order valence-electron chi connectivity index (χ3n) is 19.0. The topological polar surface area (TPSA) is 6.48 Å². The van der Waals surface area contributed by atoms with Crippen LogP contribution in [0, 0.1) is 0 Å². The van der Waals surface area contributed by atoms with E-state index < -0.39 is 0 Å². The molecule has 16 rings (SSSR count). The van der Waals surface area contributed by atoms with E-state index in [4.69, 9.17) is 0 Å². The van der Waals surface area contributed by atoms with Gasteiger partial charge in [-0.3, -0.25) is 0 Å². The van der Waals surface area contributed by atoms with Crippen molar-refractivity contribution >= 4 is 77.2 Å². The predicted octanol–water partition coefficient (Wildman–Crippen LogP) is 21.8. The highest BCUT2D eigenvalue weighted by atomic mass is 15.1. The molecule has 3 aliphatic rings. The van der Waals surface area contributed by atoms with Crippen molar-refractivity contribution in [2.24, 2.45) is 0 Å². The molecule has 0 N–H and O–H groups in total. The number of nitrogens with zero attached hydrogens (tertiary/aromatic N) is 2. The molecule has 2 nitrogen and oxygen atoms in total. The average Bonchev–Trinajstić information content (AvgIpc) is 3.82. The Morgan fingerprint density at radius 1 is 0.235 bits per heavy atom. The van der Waals surface area contributed by atoms with Gasteiger partial charge in [0.05, 0.1) is 0 Å². The molecule has 0 saturated carbocycles. The van der Waals surface area contributed by atoms with E-state index in [0.29, 0.717) is 0 Å². The first-order valence-corrected chi connectivity index (χ1v) is 28.7. The summed E-state index contributed by atoms with van der Waals surface area (Å²) in [7, 11) is 0. The van der Waals surface area contributed by atoms with Crippen LogP contribution in [0.25, 0.3) is 87.6 Å². The van der Waals surface area contributed by atoms with E-state index in [0.717, 1.165) is 34.1 Å². The van der Waals surface area contributed by atoms with Crippen LogP contribution in [0.1, 0.15) is 74.9 Å². The fourth-order valence-electron chi connectivity index (χ4n) is 14.9. The van der Waals surface area contributed by atoms with E-state index in [2.05, 4.69) is 306 Å².